The summed E-state index contributed by atoms with van der Waals surface area (Å²) >= 11 is 0. The van der Waals surface area contributed by atoms with Gasteiger partial charge in [0.2, 0.25) is 0 Å². The van der Waals surface area contributed by atoms with Crippen LogP contribution in [0, 0.1) is 12.7 Å². The summed E-state index contributed by atoms with van der Waals surface area (Å²) in [6.45, 7) is 4.27. The summed E-state index contributed by atoms with van der Waals surface area (Å²) in [4.78, 5) is 12.4. The first-order valence-corrected chi connectivity index (χ1v) is 10.4. The molecule has 166 valence electrons. The maximum atomic E-state index is 13.0. The van der Waals surface area contributed by atoms with Crippen LogP contribution in [0.1, 0.15) is 34.1 Å². The van der Waals surface area contributed by atoms with Crippen molar-refractivity contribution in [3.05, 3.63) is 107 Å². The van der Waals surface area contributed by atoms with E-state index in [2.05, 4.69) is 39.8 Å². The molecule has 1 aromatic heterocycles. The third-order valence-electron chi connectivity index (χ3n) is 5.09. The molecule has 7 heteroatoms. The van der Waals surface area contributed by atoms with Crippen molar-refractivity contribution in [1.82, 2.24) is 15.6 Å². The summed E-state index contributed by atoms with van der Waals surface area (Å²) in [6, 6.07) is 23.3. The fraction of sp³-hybridized carbons (Fsp3) is 0.115. The standard InChI is InChI=1S/C26H23FN4O2/c1-17-3-5-19(6-4-17)16-33-23-13-9-21(10-14-23)24-15-25(30-29-24)26(32)31-28-18(2)20-7-11-22(27)12-8-20/h3-15H,16H2,1-2H3,(H,29,30)(H,31,32)/b28-18+. The molecule has 2 N–H and O–H groups in total. The summed E-state index contributed by atoms with van der Waals surface area (Å²) < 4.78 is 18.9. The van der Waals surface area contributed by atoms with E-state index in [1.165, 1.54) is 17.7 Å². The Hall–Kier alpha value is -4.26. The Morgan fingerprint density at radius 3 is 2.42 bits per heavy atom. The van der Waals surface area contributed by atoms with E-state index in [0.29, 0.717) is 23.6 Å². The quantitative estimate of drug-likeness (QED) is 0.303. The number of halogens is 1. The lowest BCUT2D eigenvalue weighted by Crippen LogP contribution is -2.19. The highest BCUT2D eigenvalue weighted by atomic mass is 19.1. The molecule has 0 aliphatic heterocycles. The number of amides is 1. The van der Waals surface area contributed by atoms with E-state index < -0.39 is 5.91 Å². The number of nitrogens with zero attached hydrogens (tertiary/aromatic N) is 2. The third-order valence-corrected chi connectivity index (χ3v) is 5.09. The minimum atomic E-state index is -0.423. The molecular formula is C26H23FN4O2. The molecule has 33 heavy (non-hydrogen) atoms. The first kappa shape index (κ1) is 22.0. The van der Waals surface area contributed by atoms with Gasteiger partial charge in [-0.3, -0.25) is 9.89 Å². The molecule has 0 bridgehead atoms. The Kier molecular flexibility index (Phi) is 6.59. The molecule has 0 radical (unpaired) electrons. The molecule has 0 aliphatic carbocycles. The van der Waals surface area contributed by atoms with Crippen LogP contribution in [0.2, 0.25) is 0 Å². The first-order chi connectivity index (χ1) is 16.0. The average molecular weight is 442 g/mol. The molecule has 6 nitrogen and oxygen atoms in total. The Balaban J connectivity index is 1.36. The predicted octanol–water partition coefficient (Wildman–Crippen LogP) is 5.26. The number of hydrazone groups is 1. The molecule has 0 atom stereocenters. The van der Waals surface area contributed by atoms with Gasteiger partial charge < -0.3 is 4.74 Å². The largest absolute Gasteiger partial charge is 0.489 e. The van der Waals surface area contributed by atoms with Crippen LogP contribution in [0.5, 0.6) is 5.75 Å². The number of ether oxygens (including phenoxy) is 1. The van der Waals surface area contributed by atoms with Crippen LogP contribution in [0.25, 0.3) is 11.3 Å². The van der Waals surface area contributed by atoms with Crippen LogP contribution in [0.15, 0.2) is 84.0 Å². The van der Waals surface area contributed by atoms with Crippen molar-refractivity contribution in [2.45, 2.75) is 20.5 Å². The van der Waals surface area contributed by atoms with Gasteiger partial charge in [0.05, 0.1) is 11.4 Å². The van der Waals surface area contributed by atoms with Gasteiger partial charge >= 0.3 is 0 Å². The van der Waals surface area contributed by atoms with Crippen molar-refractivity contribution in [2.24, 2.45) is 5.10 Å². The first-order valence-electron chi connectivity index (χ1n) is 10.4. The maximum Gasteiger partial charge on any atom is 0.289 e. The highest BCUT2D eigenvalue weighted by Crippen LogP contribution is 2.22. The summed E-state index contributed by atoms with van der Waals surface area (Å²) in [7, 11) is 0. The van der Waals surface area contributed by atoms with E-state index in [1.54, 1.807) is 25.1 Å². The zero-order chi connectivity index (χ0) is 23.2. The summed E-state index contributed by atoms with van der Waals surface area (Å²) in [6.07, 6.45) is 0. The second-order valence-corrected chi connectivity index (χ2v) is 7.61. The third kappa shape index (κ3) is 5.71. The van der Waals surface area contributed by atoms with Gasteiger partial charge in [-0.15, -0.1) is 0 Å². The van der Waals surface area contributed by atoms with Gasteiger partial charge in [0, 0.05) is 5.56 Å². The lowest BCUT2D eigenvalue weighted by atomic mass is 10.1. The topological polar surface area (TPSA) is 79.4 Å². The smallest absolute Gasteiger partial charge is 0.289 e. The lowest BCUT2D eigenvalue weighted by molar-refractivity contribution is 0.0950. The van der Waals surface area contributed by atoms with Crippen LogP contribution >= 0.6 is 0 Å². The molecule has 0 fully saturated rings. The molecule has 1 amide bonds. The molecule has 4 aromatic rings. The number of nitrogens with one attached hydrogen (secondary N) is 2. The van der Waals surface area contributed by atoms with Crippen molar-refractivity contribution in [3.63, 3.8) is 0 Å². The number of rotatable bonds is 7. The highest BCUT2D eigenvalue weighted by Gasteiger charge is 2.11. The molecule has 0 saturated heterocycles. The number of aromatic amines is 1. The van der Waals surface area contributed by atoms with Gasteiger partial charge in [-0.1, -0.05) is 42.0 Å². The van der Waals surface area contributed by atoms with Crippen LogP contribution in [-0.2, 0) is 6.61 Å². The fourth-order valence-corrected chi connectivity index (χ4v) is 3.11. The summed E-state index contributed by atoms with van der Waals surface area (Å²) in [5, 5.41) is 11.0. The van der Waals surface area contributed by atoms with Crippen molar-refractivity contribution >= 4 is 11.6 Å². The van der Waals surface area contributed by atoms with Gasteiger partial charge in [-0.25, -0.2) is 9.82 Å². The van der Waals surface area contributed by atoms with Crippen molar-refractivity contribution < 1.29 is 13.9 Å². The minimum Gasteiger partial charge on any atom is -0.489 e. The summed E-state index contributed by atoms with van der Waals surface area (Å²) in [5.41, 5.74) is 7.83. The molecule has 4 rings (SSSR count). The molecule has 0 aliphatic rings. The monoisotopic (exact) mass is 442 g/mol. The van der Waals surface area contributed by atoms with E-state index >= 15 is 0 Å². The normalized spacial score (nSPS) is 11.3. The summed E-state index contributed by atoms with van der Waals surface area (Å²) in [5.74, 6) is -0.00173. The molecular weight excluding hydrogens is 419 g/mol. The maximum absolute atomic E-state index is 13.0. The minimum absolute atomic E-state index is 0.278. The lowest BCUT2D eigenvalue weighted by Gasteiger charge is -2.07. The molecule has 1 heterocycles. The van der Waals surface area contributed by atoms with Crippen LogP contribution in [-0.4, -0.2) is 21.8 Å². The number of H-pyrrole nitrogens is 1. The van der Waals surface area contributed by atoms with Crippen molar-refractivity contribution in [2.75, 3.05) is 0 Å². The van der Waals surface area contributed by atoms with Crippen molar-refractivity contribution in [1.29, 1.82) is 0 Å². The second-order valence-electron chi connectivity index (χ2n) is 7.61. The van der Waals surface area contributed by atoms with Gasteiger partial charge in [0.25, 0.3) is 5.91 Å². The Morgan fingerprint density at radius 2 is 1.73 bits per heavy atom. The van der Waals surface area contributed by atoms with E-state index in [0.717, 1.165) is 16.9 Å². The average Bonchev–Trinajstić information content (AvgIpc) is 3.33. The highest BCUT2D eigenvalue weighted by molar-refractivity contribution is 6.00. The van der Waals surface area contributed by atoms with Crippen molar-refractivity contribution in [3.8, 4) is 17.0 Å². The number of carbonyl (C=O) groups is 1. The number of benzene rings is 3. The Morgan fingerprint density at radius 1 is 1.03 bits per heavy atom. The van der Waals surface area contributed by atoms with Gasteiger partial charge in [-0.2, -0.15) is 10.2 Å². The van der Waals surface area contributed by atoms with E-state index in [4.69, 9.17) is 4.74 Å². The van der Waals surface area contributed by atoms with Gasteiger partial charge in [0.1, 0.15) is 23.9 Å². The van der Waals surface area contributed by atoms with Gasteiger partial charge in [-0.05, 0) is 67.4 Å². The second kappa shape index (κ2) is 9.91. The number of carbonyl (C=O) groups excluding carboxylic acids is 1. The molecule has 0 unspecified atom stereocenters. The number of hydrogen-bond acceptors (Lipinski definition) is 4. The number of hydrogen-bond donors (Lipinski definition) is 2. The molecule has 0 saturated carbocycles. The zero-order valence-electron chi connectivity index (χ0n) is 18.3. The van der Waals surface area contributed by atoms with Gasteiger partial charge in [0.15, 0.2) is 0 Å². The fourth-order valence-electron chi connectivity index (χ4n) is 3.11. The van der Waals surface area contributed by atoms with E-state index in [-0.39, 0.29) is 11.5 Å². The van der Waals surface area contributed by atoms with Crippen LogP contribution in [0.3, 0.4) is 0 Å². The number of aromatic nitrogens is 2. The predicted molar refractivity (Wildman–Crippen MR) is 126 cm³/mol. The van der Waals surface area contributed by atoms with Crippen LogP contribution in [0.4, 0.5) is 4.39 Å². The van der Waals surface area contributed by atoms with E-state index in [1.807, 2.05) is 36.4 Å². The Labute approximate surface area is 191 Å². The van der Waals surface area contributed by atoms with Crippen LogP contribution < -0.4 is 10.2 Å². The Bertz CT molecular complexity index is 1260. The SMILES string of the molecule is C/C(=N\NC(=O)c1cc(-c2ccc(OCc3ccc(C)cc3)cc2)n[nH]1)c1ccc(F)cc1. The molecule has 0 spiro atoms. The molecule has 3 aromatic carbocycles. The van der Waals surface area contributed by atoms with E-state index in [9.17, 15) is 9.18 Å². The zero-order valence-corrected chi connectivity index (χ0v) is 18.3. The number of aryl methyl sites for hydroxylation is 1.